The van der Waals surface area contributed by atoms with Crippen molar-refractivity contribution in [2.75, 3.05) is 23.3 Å². The van der Waals surface area contributed by atoms with Crippen molar-refractivity contribution in [1.82, 2.24) is 25.1 Å². The number of hydrogen-bond donors (Lipinski definition) is 2. The molecule has 7 nitrogen and oxygen atoms in total. The Balaban J connectivity index is 1.72. The molecule has 106 valence electrons. The van der Waals surface area contributed by atoms with Crippen LogP contribution in [0.15, 0.2) is 12.3 Å². The Kier molecular flexibility index (Phi) is 3.49. The maximum Gasteiger partial charge on any atom is 0.247 e. The van der Waals surface area contributed by atoms with E-state index in [1.165, 1.54) is 12.8 Å². The van der Waals surface area contributed by atoms with E-state index in [2.05, 4.69) is 42.3 Å². The first-order valence-corrected chi connectivity index (χ1v) is 6.95. The molecule has 1 saturated heterocycles. The van der Waals surface area contributed by atoms with Crippen molar-refractivity contribution in [2.24, 2.45) is 5.92 Å². The summed E-state index contributed by atoms with van der Waals surface area (Å²) < 4.78 is 0. The van der Waals surface area contributed by atoms with Gasteiger partial charge in [0.05, 0.1) is 0 Å². The zero-order valence-electron chi connectivity index (χ0n) is 11.8. The van der Waals surface area contributed by atoms with Gasteiger partial charge in [0.2, 0.25) is 11.9 Å². The van der Waals surface area contributed by atoms with E-state index in [0.29, 0.717) is 11.8 Å². The lowest BCUT2D eigenvalue weighted by Gasteiger charge is -2.30. The van der Waals surface area contributed by atoms with E-state index < -0.39 is 0 Å². The number of nitrogens with one attached hydrogen (secondary N) is 2. The lowest BCUT2D eigenvalue weighted by atomic mass is 10.00. The average molecular weight is 273 g/mol. The van der Waals surface area contributed by atoms with E-state index >= 15 is 0 Å². The van der Waals surface area contributed by atoms with Crippen LogP contribution in [0.5, 0.6) is 0 Å². The van der Waals surface area contributed by atoms with Crippen LogP contribution in [0, 0.1) is 12.8 Å². The van der Waals surface area contributed by atoms with Gasteiger partial charge >= 0.3 is 0 Å². The van der Waals surface area contributed by atoms with Gasteiger partial charge in [-0.1, -0.05) is 6.92 Å². The minimum atomic E-state index is 0.527. The first-order valence-electron chi connectivity index (χ1n) is 6.95. The Bertz CT molecular complexity index is 572. The fourth-order valence-electron chi connectivity index (χ4n) is 2.29. The third-order valence-corrected chi connectivity index (χ3v) is 3.55. The SMILES string of the molecule is Cc1nc(Nc2ccnc(N3CCC(C)CC3)n2)n[nH]1. The Morgan fingerprint density at radius 3 is 2.80 bits per heavy atom. The predicted octanol–water partition coefficient (Wildman–Crippen LogP) is 1.88. The fraction of sp³-hybridized carbons (Fsp3) is 0.538. The van der Waals surface area contributed by atoms with Gasteiger partial charge in [-0.3, -0.25) is 5.10 Å². The van der Waals surface area contributed by atoms with Crippen LogP contribution >= 0.6 is 0 Å². The van der Waals surface area contributed by atoms with Gasteiger partial charge in [-0.15, -0.1) is 5.10 Å². The zero-order chi connectivity index (χ0) is 13.9. The van der Waals surface area contributed by atoms with E-state index in [1.54, 1.807) is 6.20 Å². The number of nitrogens with zero attached hydrogens (tertiary/aromatic N) is 5. The summed E-state index contributed by atoms with van der Waals surface area (Å²) >= 11 is 0. The lowest BCUT2D eigenvalue weighted by Crippen LogP contribution is -2.34. The second-order valence-corrected chi connectivity index (χ2v) is 5.28. The van der Waals surface area contributed by atoms with Crippen molar-refractivity contribution in [2.45, 2.75) is 26.7 Å². The highest BCUT2D eigenvalue weighted by molar-refractivity contribution is 5.49. The zero-order valence-corrected chi connectivity index (χ0v) is 11.8. The second kappa shape index (κ2) is 5.44. The molecular weight excluding hydrogens is 254 g/mol. The Morgan fingerprint density at radius 2 is 2.10 bits per heavy atom. The largest absolute Gasteiger partial charge is 0.341 e. The maximum atomic E-state index is 4.54. The highest BCUT2D eigenvalue weighted by Gasteiger charge is 2.18. The van der Waals surface area contributed by atoms with Crippen LogP contribution in [0.2, 0.25) is 0 Å². The van der Waals surface area contributed by atoms with Gasteiger partial charge in [-0.05, 0) is 31.7 Å². The molecular formula is C13H19N7. The van der Waals surface area contributed by atoms with E-state index in [1.807, 2.05) is 13.0 Å². The summed E-state index contributed by atoms with van der Waals surface area (Å²) in [5.74, 6) is 3.58. The van der Waals surface area contributed by atoms with Gasteiger partial charge in [0.25, 0.3) is 0 Å². The molecule has 3 rings (SSSR count). The fourth-order valence-corrected chi connectivity index (χ4v) is 2.29. The molecule has 2 N–H and O–H groups in total. The van der Waals surface area contributed by atoms with E-state index in [0.717, 1.165) is 30.8 Å². The smallest absolute Gasteiger partial charge is 0.247 e. The number of aryl methyl sites for hydroxylation is 1. The summed E-state index contributed by atoms with van der Waals surface area (Å²) in [5, 5.41) is 9.92. The van der Waals surface area contributed by atoms with Crippen molar-refractivity contribution in [3.05, 3.63) is 18.1 Å². The molecule has 20 heavy (non-hydrogen) atoms. The van der Waals surface area contributed by atoms with Crippen LogP contribution in [-0.2, 0) is 0 Å². The van der Waals surface area contributed by atoms with Crippen molar-refractivity contribution >= 4 is 17.7 Å². The third kappa shape index (κ3) is 2.87. The number of aromatic nitrogens is 5. The lowest BCUT2D eigenvalue weighted by molar-refractivity contribution is 0.434. The molecule has 0 aromatic carbocycles. The average Bonchev–Trinajstić information content (AvgIpc) is 2.85. The molecule has 0 amide bonds. The highest BCUT2D eigenvalue weighted by Crippen LogP contribution is 2.21. The summed E-state index contributed by atoms with van der Waals surface area (Å²) in [6, 6.07) is 1.82. The van der Waals surface area contributed by atoms with Crippen LogP contribution < -0.4 is 10.2 Å². The van der Waals surface area contributed by atoms with Gasteiger partial charge in [-0.25, -0.2) is 4.98 Å². The molecule has 7 heteroatoms. The molecule has 0 atom stereocenters. The van der Waals surface area contributed by atoms with E-state index in [-0.39, 0.29) is 0 Å². The normalized spacial score (nSPS) is 16.4. The number of rotatable bonds is 3. The Morgan fingerprint density at radius 1 is 1.30 bits per heavy atom. The molecule has 0 saturated carbocycles. The first-order chi connectivity index (χ1) is 9.70. The molecule has 0 spiro atoms. The van der Waals surface area contributed by atoms with Crippen molar-refractivity contribution in [3.63, 3.8) is 0 Å². The summed E-state index contributed by atoms with van der Waals surface area (Å²) in [4.78, 5) is 15.3. The molecule has 2 aromatic heterocycles. The van der Waals surface area contributed by atoms with E-state index in [4.69, 9.17) is 0 Å². The number of anilines is 3. The number of aromatic amines is 1. The van der Waals surface area contributed by atoms with Gasteiger partial charge in [-0.2, -0.15) is 9.97 Å². The van der Waals surface area contributed by atoms with Crippen molar-refractivity contribution in [3.8, 4) is 0 Å². The molecule has 1 aliphatic heterocycles. The number of H-pyrrole nitrogens is 1. The third-order valence-electron chi connectivity index (χ3n) is 3.55. The van der Waals surface area contributed by atoms with Gasteiger partial charge in [0, 0.05) is 19.3 Å². The minimum absolute atomic E-state index is 0.527. The number of piperidine rings is 1. The van der Waals surface area contributed by atoms with Crippen LogP contribution in [-0.4, -0.2) is 38.2 Å². The molecule has 1 fully saturated rings. The van der Waals surface area contributed by atoms with Crippen molar-refractivity contribution in [1.29, 1.82) is 0 Å². The molecule has 0 bridgehead atoms. The minimum Gasteiger partial charge on any atom is -0.341 e. The summed E-state index contributed by atoms with van der Waals surface area (Å²) in [6.45, 7) is 6.19. The Labute approximate surface area is 117 Å². The molecule has 0 aliphatic carbocycles. The van der Waals surface area contributed by atoms with Gasteiger partial charge in [0.1, 0.15) is 11.6 Å². The summed E-state index contributed by atoms with van der Waals surface area (Å²) in [7, 11) is 0. The van der Waals surface area contributed by atoms with Gasteiger partial charge < -0.3 is 10.2 Å². The predicted molar refractivity (Wildman–Crippen MR) is 77.0 cm³/mol. The Hall–Kier alpha value is -2.18. The summed E-state index contributed by atoms with van der Waals surface area (Å²) in [5.41, 5.74) is 0. The second-order valence-electron chi connectivity index (χ2n) is 5.28. The quantitative estimate of drug-likeness (QED) is 0.888. The number of hydrogen-bond acceptors (Lipinski definition) is 6. The molecule has 0 radical (unpaired) electrons. The van der Waals surface area contributed by atoms with Crippen LogP contribution in [0.1, 0.15) is 25.6 Å². The van der Waals surface area contributed by atoms with Gasteiger partial charge in [0.15, 0.2) is 0 Å². The highest BCUT2D eigenvalue weighted by atomic mass is 15.3. The van der Waals surface area contributed by atoms with Crippen molar-refractivity contribution < 1.29 is 0 Å². The molecule has 2 aromatic rings. The first kappa shape index (κ1) is 12.8. The molecule has 1 aliphatic rings. The van der Waals surface area contributed by atoms with Crippen LogP contribution in [0.3, 0.4) is 0 Å². The standard InChI is InChI=1S/C13H19N7/c1-9-4-7-20(8-5-9)13-14-6-3-11(17-13)16-12-15-10(2)18-19-12/h3,6,9H,4-5,7-8H2,1-2H3,(H2,14,15,16,17,18,19). The molecule has 3 heterocycles. The van der Waals surface area contributed by atoms with Crippen LogP contribution in [0.25, 0.3) is 0 Å². The van der Waals surface area contributed by atoms with Crippen LogP contribution in [0.4, 0.5) is 17.7 Å². The maximum absolute atomic E-state index is 4.54. The summed E-state index contributed by atoms with van der Waals surface area (Å²) in [6.07, 6.45) is 4.16. The monoisotopic (exact) mass is 273 g/mol. The van der Waals surface area contributed by atoms with E-state index in [9.17, 15) is 0 Å². The molecule has 0 unspecified atom stereocenters. The topological polar surface area (TPSA) is 82.6 Å².